The van der Waals surface area contributed by atoms with Crippen LogP contribution in [0.25, 0.3) is 0 Å². The van der Waals surface area contributed by atoms with Gasteiger partial charge in [-0.1, -0.05) is 41.5 Å². The molecule has 1 fully saturated rings. The minimum Gasteiger partial charge on any atom is -0.378 e. The molecule has 1 heteroatoms. The Morgan fingerprint density at radius 2 is 1.50 bits per heavy atom. The van der Waals surface area contributed by atoms with Gasteiger partial charge in [-0.25, -0.2) is 0 Å². The fourth-order valence-corrected chi connectivity index (χ4v) is 2.38. The van der Waals surface area contributed by atoms with Crippen molar-refractivity contribution in [2.75, 3.05) is 6.61 Å². The standard InChI is InChI=1S/C13H26O.C2H6/c1-5-10-14-12-8-6-11(7-9-12)13(2,3)4;1-2/h11-12H,5-10H2,1-4H3;1-2H3. The molecule has 16 heavy (non-hydrogen) atoms. The lowest BCUT2D eigenvalue weighted by Crippen LogP contribution is -2.29. The zero-order chi connectivity index (χ0) is 12.6. The molecule has 1 aliphatic rings. The molecule has 1 aliphatic carbocycles. The van der Waals surface area contributed by atoms with Crippen molar-refractivity contribution < 1.29 is 4.74 Å². The SMILES string of the molecule is CC.CCCOC1CCC(C(C)(C)C)CC1. The molecule has 1 saturated carbocycles. The van der Waals surface area contributed by atoms with E-state index in [1.807, 2.05) is 13.8 Å². The summed E-state index contributed by atoms with van der Waals surface area (Å²) in [7, 11) is 0. The van der Waals surface area contributed by atoms with Crippen molar-refractivity contribution in [3.8, 4) is 0 Å². The van der Waals surface area contributed by atoms with Crippen LogP contribution in [0.15, 0.2) is 0 Å². The minimum absolute atomic E-state index is 0.496. The van der Waals surface area contributed by atoms with Crippen molar-refractivity contribution in [2.24, 2.45) is 11.3 Å². The van der Waals surface area contributed by atoms with E-state index < -0.39 is 0 Å². The van der Waals surface area contributed by atoms with Gasteiger partial charge in [-0.2, -0.15) is 0 Å². The normalized spacial score (nSPS) is 25.9. The Kier molecular flexibility index (Phi) is 8.09. The summed E-state index contributed by atoms with van der Waals surface area (Å²) in [5, 5.41) is 0. The molecule has 0 spiro atoms. The Labute approximate surface area is 103 Å². The lowest BCUT2D eigenvalue weighted by Gasteiger charge is -2.36. The zero-order valence-corrected chi connectivity index (χ0v) is 12.3. The fourth-order valence-electron chi connectivity index (χ4n) is 2.38. The highest BCUT2D eigenvalue weighted by Crippen LogP contribution is 2.38. The van der Waals surface area contributed by atoms with Crippen LogP contribution in [0, 0.1) is 11.3 Å². The molecule has 0 saturated heterocycles. The second kappa shape index (κ2) is 8.11. The third kappa shape index (κ3) is 5.89. The Morgan fingerprint density at radius 3 is 1.88 bits per heavy atom. The summed E-state index contributed by atoms with van der Waals surface area (Å²) in [5.41, 5.74) is 0.496. The van der Waals surface area contributed by atoms with Gasteiger partial charge in [-0.15, -0.1) is 0 Å². The molecule has 0 radical (unpaired) electrons. The molecule has 1 rings (SSSR count). The summed E-state index contributed by atoms with van der Waals surface area (Å²) in [6.45, 7) is 14.2. The summed E-state index contributed by atoms with van der Waals surface area (Å²) < 4.78 is 5.79. The number of ether oxygens (including phenoxy) is 1. The maximum Gasteiger partial charge on any atom is 0.0575 e. The largest absolute Gasteiger partial charge is 0.378 e. The van der Waals surface area contributed by atoms with Gasteiger partial charge < -0.3 is 4.74 Å². The molecular formula is C15H32O. The van der Waals surface area contributed by atoms with Gasteiger partial charge in [0, 0.05) is 6.61 Å². The van der Waals surface area contributed by atoms with Crippen molar-refractivity contribution in [3.63, 3.8) is 0 Å². The first-order chi connectivity index (χ1) is 7.54. The first-order valence-corrected chi connectivity index (χ1v) is 7.15. The first kappa shape index (κ1) is 16.0. The predicted molar refractivity (Wildman–Crippen MR) is 72.8 cm³/mol. The van der Waals surface area contributed by atoms with Gasteiger partial charge in [-0.05, 0) is 43.4 Å². The molecule has 0 amide bonds. The van der Waals surface area contributed by atoms with Gasteiger partial charge in [-0.3, -0.25) is 0 Å². The average Bonchev–Trinajstić information content (AvgIpc) is 2.28. The van der Waals surface area contributed by atoms with Crippen molar-refractivity contribution in [3.05, 3.63) is 0 Å². The van der Waals surface area contributed by atoms with E-state index in [-0.39, 0.29) is 0 Å². The average molecular weight is 228 g/mol. The van der Waals surface area contributed by atoms with Gasteiger partial charge in [0.15, 0.2) is 0 Å². The Balaban J connectivity index is 0.00000106. The zero-order valence-electron chi connectivity index (χ0n) is 12.3. The van der Waals surface area contributed by atoms with E-state index in [2.05, 4.69) is 27.7 Å². The third-order valence-electron chi connectivity index (χ3n) is 3.46. The van der Waals surface area contributed by atoms with E-state index in [1.54, 1.807) is 0 Å². The third-order valence-corrected chi connectivity index (χ3v) is 3.46. The van der Waals surface area contributed by atoms with Crippen LogP contribution < -0.4 is 0 Å². The summed E-state index contributed by atoms with van der Waals surface area (Å²) >= 11 is 0. The van der Waals surface area contributed by atoms with Crippen LogP contribution in [0.3, 0.4) is 0 Å². The molecule has 0 aromatic carbocycles. The highest BCUT2D eigenvalue weighted by atomic mass is 16.5. The minimum atomic E-state index is 0.496. The highest BCUT2D eigenvalue weighted by Gasteiger charge is 2.29. The second-order valence-corrected chi connectivity index (χ2v) is 5.71. The number of hydrogen-bond acceptors (Lipinski definition) is 1. The van der Waals surface area contributed by atoms with Crippen molar-refractivity contribution in [1.82, 2.24) is 0 Å². The van der Waals surface area contributed by atoms with E-state index in [9.17, 15) is 0 Å². The molecule has 1 nitrogen and oxygen atoms in total. The van der Waals surface area contributed by atoms with Gasteiger partial charge in [0.2, 0.25) is 0 Å². The molecule has 0 aromatic rings. The van der Waals surface area contributed by atoms with Crippen LogP contribution >= 0.6 is 0 Å². The number of hydrogen-bond donors (Lipinski definition) is 0. The van der Waals surface area contributed by atoms with Gasteiger partial charge >= 0.3 is 0 Å². The van der Waals surface area contributed by atoms with E-state index in [1.165, 1.54) is 25.7 Å². The van der Waals surface area contributed by atoms with E-state index in [0.717, 1.165) is 18.9 Å². The van der Waals surface area contributed by atoms with Crippen LogP contribution in [0.4, 0.5) is 0 Å². The van der Waals surface area contributed by atoms with Gasteiger partial charge in [0.1, 0.15) is 0 Å². The smallest absolute Gasteiger partial charge is 0.0575 e. The van der Waals surface area contributed by atoms with E-state index >= 15 is 0 Å². The van der Waals surface area contributed by atoms with E-state index in [4.69, 9.17) is 4.74 Å². The predicted octanol–water partition coefficient (Wildman–Crippen LogP) is 5.04. The molecule has 0 bridgehead atoms. The molecule has 98 valence electrons. The Bertz CT molecular complexity index is 149. The lowest BCUT2D eigenvalue weighted by atomic mass is 9.72. The topological polar surface area (TPSA) is 9.23 Å². The molecule has 0 heterocycles. The number of rotatable bonds is 3. The molecule has 0 aliphatic heterocycles. The van der Waals surface area contributed by atoms with Crippen LogP contribution in [0.5, 0.6) is 0 Å². The van der Waals surface area contributed by atoms with Crippen molar-refractivity contribution in [2.45, 2.75) is 79.8 Å². The van der Waals surface area contributed by atoms with Gasteiger partial charge in [0.05, 0.1) is 6.10 Å². The molecule has 0 N–H and O–H groups in total. The van der Waals surface area contributed by atoms with Crippen LogP contribution in [0.2, 0.25) is 0 Å². The first-order valence-electron chi connectivity index (χ1n) is 7.15. The van der Waals surface area contributed by atoms with Crippen molar-refractivity contribution in [1.29, 1.82) is 0 Å². The van der Waals surface area contributed by atoms with E-state index in [0.29, 0.717) is 11.5 Å². The Hall–Kier alpha value is -0.0400. The maximum absolute atomic E-state index is 5.79. The van der Waals surface area contributed by atoms with Crippen LogP contribution in [0.1, 0.15) is 73.6 Å². The van der Waals surface area contributed by atoms with Gasteiger partial charge in [0.25, 0.3) is 0 Å². The molecule has 0 unspecified atom stereocenters. The summed E-state index contributed by atoms with van der Waals surface area (Å²) in [5.74, 6) is 0.906. The maximum atomic E-state index is 5.79. The second-order valence-electron chi connectivity index (χ2n) is 5.71. The lowest BCUT2D eigenvalue weighted by molar-refractivity contribution is 0.00415. The monoisotopic (exact) mass is 228 g/mol. The Morgan fingerprint density at radius 1 is 1.00 bits per heavy atom. The summed E-state index contributed by atoms with van der Waals surface area (Å²) in [4.78, 5) is 0. The van der Waals surface area contributed by atoms with Crippen LogP contribution in [-0.2, 0) is 4.74 Å². The quantitative estimate of drug-likeness (QED) is 0.657. The van der Waals surface area contributed by atoms with Crippen LogP contribution in [-0.4, -0.2) is 12.7 Å². The molecular weight excluding hydrogens is 196 g/mol. The summed E-state index contributed by atoms with van der Waals surface area (Å²) in [6, 6.07) is 0. The summed E-state index contributed by atoms with van der Waals surface area (Å²) in [6.07, 6.45) is 6.99. The molecule has 0 atom stereocenters. The highest BCUT2D eigenvalue weighted by molar-refractivity contribution is 4.80. The molecule has 0 aromatic heterocycles. The van der Waals surface area contributed by atoms with Crippen molar-refractivity contribution >= 4 is 0 Å². The fraction of sp³-hybridized carbons (Fsp3) is 1.00.